The molecule has 4 aliphatic rings. The third kappa shape index (κ3) is 4.53. The van der Waals surface area contributed by atoms with E-state index >= 15 is 0 Å². The number of carboxylic acid groups (broad SMARTS) is 1. The Kier molecular flexibility index (Phi) is 6.72. The SMILES string of the molecule is Cc1c2ccc3c1nnn3CCCCCc1cccc3c1CC(C(=O)N1CCc4ccc(cc4C1)C2CC(=O)O)N3C. The van der Waals surface area contributed by atoms with Gasteiger partial charge in [0, 0.05) is 44.7 Å². The maximum Gasteiger partial charge on any atom is 0.304 e. The maximum absolute atomic E-state index is 14.0. The Balaban J connectivity index is 1.31. The largest absolute Gasteiger partial charge is 0.481 e. The molecule has 0 spiro atoms. The van der Waals surface area contributed by atoms with Gasteiger partial charge in [0.05, 0.1) is 11.9 Å². The summed E-state index contributed by atoms with van der Waals surface area (Å²) in [6, 6.07) is 16.7. The number of aliphatic carboxylic acids is 1. The highest BCUT2D eigenvalue weighted by molar-refractivity contribution is 5.89. The average molecular weight is 564 g/mol. The summed E-state index contributed by atoms with van der Waals surface area (Å²) in [5, 5.41) is 18.9. The van der Waals surface area contributed by atoms with Gasteiger partial charge in [-0.15, -0.1) is 5.10 Å². The van der Waals surface area contributed by atoms with Crippen LogP contribution in [0.1, 0.15) is 70.5 Å². The van der Waals surface area contributed by atoms with Crippen molar-refractivity contribution in [2.75, 3.05) is 18.5 Å². The van der Waals surface area contributed by atoms with Crippen molar-refractivity contribution in [3.05, 3.63) is 87.5 Å². The summed E-state index contributed by atoms with van der Waals surface area (Å²) in [5.41, 5.74) is 10.9. The number of benzene rings is 3. The summed E-state index contributed by atoms with van der Waals surface area (Å²) in [5.74, 6) is -0.991. The number of anilines is 1. The van der Waals surface area contributed by atoms with E-state index in [0.29, 0.717) is 13.1 Å². The zero-order valence-electron chi connectivity index (χ0n) is 24.3. The standard InChI is InChI=1S/C34H37N5O3/c1-21-26-12-13-30-33(21)35-36-39(30)15-5-3-4-7-23-8-6-9-29-28(23)18-31(37(29)2)34(42)38-16-14-22-10-11-24(17-25(22)20-38)27(26)19-32(40)41/h6,8-13,17,27,31H,3-5,7,14-16,18-20H2,1-2H3,(H,40,41). The lowest BCUT2D eigenvalue weighted by atomic mass is 9.83. The minimum Gasteiger partial charge on any atom is -0.481 e. The van der Waals surface area contributed by atoms with E-state index in [4.69, 9.17) is 0 Å². The average Bonchev–Trinajstić information content (AvgIpc) is 3.56. The molecule has 9 bridgehead atoms. The van der Waals surface area contributed by atoms with Crippen LogP contribution < -0.4 is 4.90 Å². The van der Waals surface area contributed by atoms with Crippen LogP contribution in [0.15, 0.2) is 48.5 Å². The van der Waals surface area contributed by atoms with Gasteiger partial charge in [0.1, 0.15) is 11.6 Å². The monoisotopic (exact) mass is 563 g/mol. The third-order valence-corrected chi connectivity index (χ3v) is 9.79. The molecule has 3 aromatic carbocycles. The number of aryl methyl sites for hydroxylation is 3. The Hall–Kier alpha value is -4.20. The molecule has 4 aliphatic heterocycles. The molecule has 8 nitrogen and oxygen atoms in total. The second kappa shape index (κ2) is 10.6. The molecule has 2 atom stereocenters. The number of hydrogen-bond donors (Lipinski definition) is 1. The first-order chi connectivity index (χ1) is 20.4. The van der Waals surface area contributed by atoms with Crippen molar-refractivity contribution in [3.8, 4) is 0 Å². The predicted molar refractivity (Wildman–Crippen MR) is 162 cm³/mol. The molecular formula is C34H37N5O3. The fraction of sp³-hybridized carbons (Fsp3) is 0.412. The van der Waals surface area contributed by atoms with Crippen LogP contribution in [0.5, 0.6) is 0 Å². The molecule has 1 aromatic heterocycles. The summed E-state index contributed by atoms with van der Waals surface area (Å²) in [7, 11) is 2.05. The van der Waals surface area contributed by atoms with Crippen LogP contribution >= 0.6 is 0 Å². The Bertz CT molecular complexity index is 1710. The molecule has 0 saturated carbocycles. The molecule has 0 fully saturated rings. The zero-order chi connectivity index (χ0) is 29.0. The molecule has 2 unspecified atom stereocenters. The predicted octanol–water partition coefficient (Wildman–Crippen LogP) is 5.02. The van der Waals surface area contributed by atoms with Crippen LogP contribution in [0.25, 0.3) is 11.0 Å². The first-order valence-electron chi connectivity index (χ1n) is 15.2. The van der Waals surface area contributed by atoms with Crippen molar-refractivity contribution in [3.63, 3.8) is 0 Å². The van der Waals surface area contributed by atoms with Crippen LogP contribution in [0, 0.1) is 6.92 Å². The normalized spacial score (nSPS) is 20.5. The van der Waals surface area contributed by atoms with Crippen LogP contribution in [-0.4, -0.2) is 56.5 Å². The number of rotatable bonds is 2. The molecule has 8 heteroatoms. The van der Waals surface area contributed by atoms with Crippen LogP contribution in [0.2, 0.25) is 0 Å². The molecule has 1 amide bonds. The Morgan fingerprint density at radius 2 is 1.88 bits per heavy atom. The molecule has 8 rings (SSSR count). The molecule has 0 aliphatic carbocycles. The number of carbonyl (C=O) groups is 2. The summed E-state index contributed by atoms with van der Waals surface area (Å²) in [6.07, 6.45) is 5.69. The van der Waals surface area contributed by atoms with Gasteiger partial charge in [-0.05, 0) is 83.7 Å². The van der Waals surface area contributed by atoms with Crippen molar-refractivity contribution >= 4 is 28.6 Å². The lowest BCUT2D eigenvalue weighted by Crippen LogP contribution is -2.47. The molecule has 1 N–H and O–H groups in total. The second-order valence-corrected chi connectivity index (χ2v) is 12.2. The van der Waals surface area contributed by atoms with Crippen molar-refractivity contribution in [1.82, 2.24) is 19.9 Å². The van der Waals surface area contributed by atoms with Crippen molar-refractivity contribution in [2.45, 2.75) is 76.9 Å². The summed E-state index contributed by atoms with van der Waals surface area (Å²) in [6.45, 7) is 4.06. The van der Waals surface area contributed by atoms with Gasteiger partial charge in [0.2, 0.25) is 5.91 Å². The number of likely N-dealkylation sites (N-methyl/N-ethyl adjacent to an activating group) is 1. The Morgan fingerprint density at radius 3 is 2.74 bits per heavy atom. The van der Waals surface area contributed by atoms with Gasteiger partial charge in [-0.2, -0.15) is 0 Å². The van der Waals surface area contributed by atoms with Crippen molar-refractivity contribution in [1.29, 1.82) is 0 Å². The quantitative estimate of drug-likeness (QED) is 0.368. The van der Waals surface area contributed by atoms with E-state index in [1.54, 1.807) is 0 Å². The highest BCUT2D eigenvalue weighted by Crippen LogP contribution is 2.37. The number of carboxylic acids is 1. The topological polar surface area (TPSA) is 91.6 Å². The van der Waals surface area contributed by atoms with E-state index in [2.05, 4.69) is 64.7 Å². The lowest BCUT2D eigenvalue weighted by molar-refractivity contribution is -0.137. The van der Waals surface area contributed by atoms with E-state index in [0.717, 1.165) is 78.4 Å². The number of aromatic nitrogens is 3. The molecule has 4 aromatic rings. The maximum atomic E-state index is 14.0. The number of amides is 1. The molecular weight excluding hydrogens is 526 g/mol. The molecule has 0 saturated heterocycles. The van der Waals surface area contributed by atoms with Gasteiger partial charge in [-0.1, -0.05) is 48.0 Å². The first-order valence-corrected chi connectivity index (χ1v) is 15.2. The number of fused-ring (bicyclic) bond motifs is 5. The molecule has 216 valence electrons. The highest BCUT2D eigenvalue weighted by atomic mass is 16.4. The van der Waals surface area contributed by atoms with Gasteiger partial charge in [0.15, 0.2) is 0 Å². The highest BCUT2D eigenvalue weighted by Gasteiger charge is 2.37. The van der Waals surface area contributed by atoms with Gasteiger partial charge in [0.25, 0.3) is 0 Å². The van der Waals surface area contributed by atoms with E-state index < -0.39 is 5.97 Å². The molecule has 42 heavy (non-hydrogen) atoms. The Morgan fingerprint density at radius 1 is 1.00 bits per heavy atom. The van der Waals surface area contributed by atoms with E-state index in [1.165, 1.54) is 22.4 Å². The van der Waals surface area contributed by atoms with E-state index in [1.807, 2.05) is 22.6 Å². The lowest BCUT2D eigenvalue weighted by Gasteiger charge is -2.34. The van der Waals surface area contributed by atoms with Gasteiger partial charge in [-0.3, -0.25) is 9.59 Å². The summed E-state index contributed by atoms with van der Waals surface area (Å²) in [4.78, 5) is 30.3. The Labute approximate surface area is 245 Å². The minimum absolute atomic E-state index is 0.0185. The first kappa shape index (κ1) is 26.7. The van der Waals surface area contributed by atoms with Gasteiger partial charge >= 0.3 is 5.97 Å². The van der Waals surface area contributed by atoms with Crippen molar-refractivity contribution in [2.24, 2.45) is 0 Å². The third-order valence-electron chi connectivity index (χ3n) is 9.79. The number of nitrogens with zero attached hydrogens (tertiary/aromatic N) is 5. The molecule has 5 heterocycles. The second-order valence-electron chi connectivity index (χ2n) is 12.2. The smallest absolute Gasteiger partial charge is 0.304 e. The van der Waals surface area contributed by atoms with E-state index in [-0.39, 0.29) is 24.3 Å². The van der Waals surface area contributed by atoms with Gasteiger partial charge in [-0.25, -0.2) is 4.68 Å². The van der Waals surface area contributed by atoms with Crippen molar-refractivity contribution < 1.29 is 14.7 Å². The number of carbonyl (C=O) groups excluding carboxylic acids is 1. The summed E-state index contributed by atoms with van der Waals surface area (Å²) < 4.78 is 1.99. The van der Waals surface area contributed by atoms with E-state index in [9.17, 15) is 14.7 Å². The minimum atomic E-state index is -0.841. The number of hydrogen-bond acceptors (Lipinski definition) is 5. The zero-order valence-corrected chi connectivity index (χ0v) is 24.3. The fourth-order valence-corrected chi connectivity index (χ4v) is 7.43. The van der Waals surface area contributed by atoms with Gasteiger partial charge < -0.3 is 14.9 Å². The van der Waals surface area contributed by atoms with Crippen LogP contribution in [0.4, 0.5) is 5.69 Å². The molecule has 0 radical (unpaired) electrons. The van der Waals surface area contributed by atoms with Crippen LogP contribution in [0.3, 0.4) is 0 Å². The summed E-state index contributed by atoms with van der Waals surface area (Å²) >= 11 is 0. The van der Waals surface area contributed by atoms with Crippen LogP contribution in [-0.2, 0) is 41.9 Å². The fourth-order valence-electron chi connectivity index (χ4n) is 7.43.